The normalized spacial score (nSPS) is 12.3. The first-order valence-corrected chi connectivity index (χ1v) is 34.1. The summed E-state index contributed by atoms with van der Waals surface area (Å²) >= 11 is 0. The predicted octanol–water partition coefficient (Wildman–Crippen LogP) is 23.9. The maximum absolute atomic E-state index is 2.38. The van der Waals surface area contributed by atoms with E-state index in [0.29, 0.717) is 0 Å². The number of unbranched alkanes of at least 4 members (excludes halogenated alkanes) is 50. The molecule has 0 saturated heterocycles. The quantitative estimate of drug-likeness (QED) is 0.0421. The van der Waals surface area contributed by atoms with E-state index in [0.717, 1.165) is 0 Å². The van der Waals surface area contributed by atoms with E-state index in [1.54, 1.807) is 69.6 Å². The topological polar surface area (TPSA) is 0 Å². The third kappa shape index (κ3) is 51.7. The van der Waals surface area contributed by atoms with Crippen molar-refractivity contribution < 1.29 is 0 Å². The second-order valence-electron chi connectivity index (χ2n) is 22.2. The van der Waals surface area contributed by atoms with E-state index in [2.05, 4.69) is 27.7 Å². The van der Waals surface area contributed by atoms with Gasteiger partial charge in [-0.25, -0.2) is 0 Å². The summed E-state index contributed by atoms with van der Waals surface area (Å²) in [6, 6.07) is 0. The molecule has 0 aliphatic carbocycles. The van der Waals surface area contributed by atoms with Gasteiger partial charge in [0.25, 0.3) is 0 Å². The Hall–Kier alpha value is 0.430. The molecular weight excluding hydrogens is 776 g/mol. The van der Waals surface area contributed by atoms with Crippen LogP contribution in [-0.2, 0) is 0 Å². The van der Waals surface area contributed by atoms with Gasteiger partial charge in [-0.05, 0) is 0 Å². The molecule has 0 saturated carbocycles. The van der Waals surface area contributed by atoms with Crippen LogP contribution in [0.5, 0.6) is 0 Å². The van der Waals surface area contributed by atoms with Crippen molar-refractivity contribution in [3.63, 3.8) is 0 Å². The fourth-order valence-electron chi connectivity index (χ4n) is 11.2. The molecule has 0 bridgehead atoms. The van der Waals surface area contributed by atoms with Crippen molar-refractivity contribution in [2.75, 3.05) is 24.6 Å². The molecule has 0 heterocycles. The number of rotatable bonds is 58. The molecule has 63 heavy (non-hydrogen) atoms. The Balaban J connectivity index is 4.70. The van der Waals surface area contributed by atoms with E-state index < -0.39 is 7.26 Å². The van der Waals surface area contributed by atoms with Gasteiger partial charge in [0.15, 0.2) is 0 Å². The van der Waals surface area contributed by atoms with Crippen LogP contribution in [0.15, 0.2) is 0 Å². The number of hydrogen-bond donors (Lipinski definition) is 0. The molecule has 0 aliphatic rings. The van der Waals surface area contributed by atoms with E-state index in [1.165, 1.54) is 302 Å². The van der Waals surface area contributed by atoms with Crippen LogP contribution in [0.2, 0.25) is 0 Å². The van der Waals surface area contributed by atoms with Gasteiger partial charge < -0.3 is 0 Å². The molecule has 0 fully saturated rings. The standard InChI is InChI=1S/C62H129P/c1-5-9-13-17-21-24-27-30-33-36-39-42-45-48-52-56-60-63(59-55-51-20-16-12-8-4,61-57-53-49-46-43-40-37-34-31-28-25-22-18-14-10-6-2)62-58-54-50-47-44-41-38-35-32-29-26-23-19-15-11-7-3/h63H,5-62H2,1-4H3. The molecule has 0 rings (SSSR count). The first-order chi connectivity index (χ1) is 31.2. The first-order valence-electron chi connectivity index (χ1n) is 31.2. The van der Waals surface area contributed by atoms with Gasteiger partial charge >= 0.3 is 289 Å². The van der Waals surface area contributed by atoms with E-state index in [-0.39, 0.29) is 0 Å². The Morgan fingerprint density at radius 1 is 0.127 bits per heavy atom. The van der Waals surface area contributed by atoms with Gasteiger partial charge in [0, 0.05) is 0 Å². The Morgan fingerprint density at radius 3 is 0.333 bits per heavy atom. The van der Waals surface area contributed by atoms with E-state index in [9.17, 15) is 0 Å². The molecule has 0 unspecified atom stereocenters. The Kier molecular flexibility index (Phi) is 57.1. The molecule has 1 heteroatoms. The van der Waals surface area contributed by atoms with Crippen molar-refractivity contribution >= 4 is 7.26 Å². The number of hydrogen-bond acceptors (Lipinski definition) is 0. The SMILES string of the molecule is CCCCCCCCCCCCCCCCCC[PH](CCCCCCCC)(CCCCCCCCCCCCCCCCCC)CCCCCCCCCCCCCCCCCC. The zero-order valence-electron chi connectivity index (χ0n) is 45.5. The van der Waals surface area contributed by atoms with Crippen LogP contribution in [-0.4, -0.2) is 24.6 Å². The summed E-state index contributed by atoms with van der Waals surface area (Å²) in [6.07, 6.45) is 87.5. The van der Waals surface area contributed by atoms with Gasteiger partial charge in [-0.15, -0.1) is 0 Å². The summed E-state index contributed by atoms with van der Waals surface area (Å²) in [5.74, 6) is 0. The third-order valence-electron chi connectivity index (χ3n) is 15.7. The summed E-state index contributed by atoms with van der Waals surface area (Å²) in [7, 11) is -1.19. The van der Waals surface area contributed by atoms with Gasteiger partial charge in [0.2, 0.25) is 0 Å². The average molecular weight is 906 g/mol. The van der Waals surface area contributed by atoms with Crippen LogP contribution in [0, 0.1) is 0 Å². The smallest absolute Gasteiger partial charge is 0.0654 e. The molecule has 0 atom stereocenters. The molecule has 0 aromatic rings. The Labute approximate surface area is 404 Å². The van der Waals surface area contributed by atoms with Crippen LogP contribution in [0.1, 0.15) is 374 Å². The zero-order valence-corrected chi connectivity index (χ0v) is 46.5. The predicted molar refractivity (Wildman–Crippen MR) is 300 cm³/mol. The zero-order chi connectivity index (χ0) is 45.5. The Morgan fingerprint density at radius 2 is 0.222 bits per heavy atom. The second-order valence-corrected chi connectivity index (χ2v) is 27.2. The molecule has 0 N–H and O–H groups in total. The molecule has 0 nitrogen and oxygen atoms in total. The van der Waals surface area contributed by atoms with Crippen molar-refractivity contribution in [1.82, 2.24) is 0 Å². The van der Waals surface area contributed by atoms with Gasteiger partial charge in [-0.2, -0.15) is 0 Å². The van der Waals surface area contributed by atoms with Crippen molar-refractivity contribution in [2.45, 2.75) is 374 Å². The minimum atomic E-state index is -1.19. The summed E-state index contributed by atoms with van der Waals surface area (Å²) < 4.78 is 0. The van der Waals surface area contributed by atoms with E-state index in [4.69, 9.17) is 0 Å². The van der Waals surface area contributed by atoms with Crippen molar-refractivity contribution in [3.05, 3.63) is 0 Å². The summed E-state index contributed by atoms with van der Waals surface area (Å²) in [5, 5.41) is 0. The molecular formula is C62H129P. The van der Waals surface area contributed by atoms with Crippen molar-refractivity contribution in [2.24, 2.45) is 0 Å². The fourth-order valence-corrected chi connectivity index (χ4v) is 16.7. The van der Waals surface area contributed by atoms with E-state index in [1.807, 2.05) is 0 Å². The average Bonchev–Trinajstić information content (AvgIpc) is 3.29. The fraction of sp³-hybridized carbons (Fsp3) is 1.00. The molecule has 0 aromatic heterocycles. The molecule has 0 aliphatic heterocycles. The molecule has 0 aromatic carbocycles. The summed E-state index contributed by atoms with van der Waals surface area (Å²) in [5.41, 5.74) is 0. The second kappa shape index (κ2) is 56.8. The van der Waals surface area contributed by atoms with Gasteiger partial charge in [0.1, 0.15) is 0 Å². The van der Waals surface area contributed by atoms with Crippen LogP contribution < -0.4 is 0 Å². The maximum atomic E-state index is 2.38. The van der Waals surface area contributed by atoms with Gasteiger partial charge in [-0.1, -0.05) is 117 Å². The summed E-state index contributed by atoms with van der Waals surface area (Å²) in [6.45, 7) is 9.37. The molecule has 0 radical (unpaired) electrons. The van der Waals surface area contributed by atoms with Crippen LogP contribution in [0.4, 0.5) is 0 Å². The van der Waals surface area contributed by atoms with Gasteiger partial charge in [-0.3, -0.25) is 0 Å². The summed E-state index contributed by atoms with van der Waals surface area (Å²) in [4.78, 5) is 0. The van der Waals surface area contributed by atoms with Crippen LogP contribution in [0.3, 0.4) is 0 Å². The minimum absolute atomic E-state index is 1.19. The molecule has 382 valence electrons. The van der Waals surface area contributed by atoms with Crippen LogP contribution >= 0.6 is 7.26 Å². The Bertz CT molecular complexity index is 685. The van der Waals surface area contributed by atoms with Gasteiger partial charge in [0.05, 0.1) is 0 Å². The van der Waals surface area contributed by atoms with E-state index >= 15 is 0 Å². The third-order valence-corrected chi connectivity index (χ3v) is 21.4. The van der Waals surface area contributed by atoms with Crippen molar-refractivity contribution in [3.8, 4) is 0 Å². The molecule has 0 spiro atoms. The minimum Gasteiger partial charge on any atom is -0.0654 e. The van der Waals surface area contributed by atoms with Crippen LogP contribution in [0.25, 0.3) is 0 Å². The van der Waals surface area contributed by atoms with Crippen molar-refractivity contribution in [1.29, 1.82) is 0 Å². The monoisotopic (exact) mass is 905 g/mol. The molecule has 0 amide bonds. The first kappa shape index (κ1) is 63.4.